The highest BCUT2D eigenvalue weighted by Gasteiger charge is 2.15. The van der Waals surface area contributed by atoms with Crippen LogP contribution < -0.4 is 0 Å². The Hall–Kier alpha value is -0.380. The summed E-state index contributed by atoms with van der Waals surface area (Å²) in [7, 11) is 0.169. The second kappa shape index (κ2) is 3.61. The lowest BCUT2D eigenvalue weighted by molar-refractivity contribution is -0.139. The van der Waals surface area contributed by atoms with Crippen LogP contribution in [0.4, 0.5) is 0 Å². The molecule has 0 heterocycles. The van der Waals surface area contributed by atoms with Crippen LogP contribution in [0.1, 0.15) is 6.92 Å². The predicted octanol–water partition coefficient (Wildman–Crippen LogP) is -0.0736. The zero-order valence-electron chi connectivity index (χ0n) is 5.71. The number of carbonyl (C=O) groups excluding carboxylic acids is 1. The molecule has 0 aliphatic rings. The summed E-state index contributed by atoms with van der Waals surface area (Å²) in [4.78, 5) is 10.5. The van der Waals surface area contributed by atoms with Gasteiger partial charge >= 0.3 is 5.97 Å². The summed E-state index contributed by atoms with van der Waals surface area (Å²) in [5, 5.41) is -0.505. The van der Waals surface area contributed by atoms with Gasteiger partial charge in [0.15, 0.2) is 0 Å². The summed E-state index contributed by atoms with van der Waals surface area (Å²) in [5.41, 5.74) is 0. The summed E-state index contributed by atoms with van der Waals surface area (Å²) >= 11 is 0. The molecule has 0 aromatic heterocycles. The second-order valence-corrected chi connectivity index (χ2v) is 3.37. The third kappa shape index (κ3) is 2.60. The topological polar surface area (TPSA) is 43.4 Å². The first-order chi connectivity index (χ1) is 4.09. The van der Waals surface area contributed by atoms with E-state index in [2.05, 4.69) is 4.74 Å². The Morgan fingerprint density at radius 2 is 2.11 bits per heavy atom. The average molecular weight is 150 g/mol. The van der Waals surface area contributed by atoms with Gasteiger partial charge in [-0.1, -0.05) is 0 Å². The summed E-state index contributed by atoms with van der Waals surface area (Å²) in [6.45, 7) is 1.57. The van der Waals surface area contributed by atoms with Crippen molar-refractivity contribution in [2.24, 2.45) is 0 Å². The van der Waals surface area contributed by atoms with Gasteiger partial charge in [0.2, 0.25) is 0 Å². The largest absolute Gasteiger partial charge is 0.468 e. The maximum atomic E-state index is 10.6. The van der Waals surface area contributed by atoms with Crippen molar-refractivity contribution in [1.29, 1.82) is 0 Å². The predicted molar refractivity (Wildman–Crippen MR) is 35.5 cm³/mol. The van der Waals surface area contributed by atoms with Crippen molar-refractivity contribution in [2.75, 3.05) is 13.4 Å². The molecule has 0 aromatic carbocycles. The molecule has 0 saturated heterocycles. The van der Waals surface area contributed by atoms with Crippen molar-refractivity contribution in [3.05, 3.63) is 0 Å². The minimum absolute atomic E-state index is 0.421. The van der Waals surface area contributed by atoms with Gasteiger partial charge in [-0.3, -0.25) is 9.00 Å². The van der Waals surface area contributed by atoms with E-state index in [1.54, 1.807) is 6.92 Å². The summed E-state index contributed by atoms with van der Waals surface area (Å²) in [6.07, 6.45) is 1.47. The maximum Gasteiger partial charge on any atom is 0.321 e. The number of carbonyl (C=O) groups is 1. The van der Waals surface area contributed by atoms with E-state index in [1.807, 2.05) is 0 Å². The van der Waals surface area contributed by atoms with Crippen molar-refractivity contribution in [2.45, 2.75) is 12.2 Å². The molecule has 0 radical (unpaired) electrons. The average Bonchev–Trinajstić information content (AvgIpc) is 1.84. The Morgan fingerprint density at radius 3 is 2.22 bits per heavy atom. The molecule has 0 spiro atoms. The van der Waals surface area contributed by atoms with E-state index in [4.69, 9.17) is 0 Å². The van der Waals surface area contributed by atoms with Crippen LogP contribution in [-0.4, -0.2) is 28.8 Å². The molecular weight excluding hydrogens is 140 g/mol. The van der Waals surface area contributed by atoms with Gasteiger partial charge < -0.3 is 4.74 Å². The van der Waals surface area contributed by atoms with Gasteiger partial charge in [-0.25, -0.2) is 0 Å². The molecule has 0 saturated carbocycles. The van der Waals surface area contributed by atoms with Crippen LogP contribution in [0, 0.1) is 0 Å². The van der Waals surface area contributed by atoms with Crippen LogP contribution in [0.25, 0.3) is 0 Å². The number of hydrogen-bond acceptors (Lipinski definition) is 3. The number of ether oxygens (including phenoxy) is 1. The minimum atomic E-state index is -1.11. The molecule has 2 atom stereocenters. The highest BCUT2D eigenvalue weighted by Crippen LogP contribution is 1.93. The van der Waals surface area contributed by atoms with Gasteiger partial charge in [0.1, 0.15) is 5.25 Å². The van der Waals surface area contributed by atoms with Gasteiger partial charge in [0.05, 0.1) is 7.11 Å². The highest BCUT2D eigenvalue weighted by molar-refractivity contribution is 7.85. The first-order valence-corrected chi connectivity index (χ1v) is 4.11. The van der Waals surface area contributed by atoms with Gasteiger partial charge in [-0.2, -0.15) is 0 Å². The quantitative estimate of drug-likeness (QED) is 0.517. The molecule has 0 aliphatic heterocycles. The van der Waals surface area contributed by atoms with E-state index in [0.717, 1.165) is 0 Å². The van der Waals surface area contributed by atoms with E-state index < -0.39 is 22.0 Å². The molecule has 0 aromatic rings. The fraction of sp³-hybridized carbons (Fsp3) is 0.800. The first-order valence-electron chi connectivity index (χ1n) is 2.49. The molecule has 0 fully saturated rings. The van der Waals surface area contributed by atoms with Crippen LogP contribution in [-0.2, 0) is 20.3 Å². The van der Waals surface area contributed by atoms with E-state index in [0.29, 0.717) is 0 Å². The number of rotatable bonds is 2. The minimum Gasteiger partial charge on any atom is -0.468 e. The maximum absolute atomic E-state index is 10.6. The van der Waals surface area contributed by atoms with Crippen molar-refractivity contribution in [1.82, 2.24) is 0 Å². The van der Waals surface area contributed by atoms with Crippen LogP contribution in [0.15, 0.2) is 0 Å². The van der Waals surface area contributed by atoms with Gasteiger partial charge in [0.25, 0.3) is 0 Å². The van der Waals surface area contributed by atoms with Gasteiger partial charge in [0, 0.05) is 17.1 Å². The SMILES string of the molecule is COC(=O)C(C)S(C)=O. The van der Waals surface area contributed by atoms with Crippen molar-refractivity contribution >= 4 is 16.8 Å². The fourth-order valence-electron chi connectivity index (χ4n) is 0.301. The van der Waals surface area contributed by atoms with E-state index in [-0.39, 0.29) is 0 Å². The summed E-state index contributed by atoms with van der Waals surface area (Å²) in [5.74, 6) is -0.421. The Labute approximate surface area is 56.8 Å². The van der Waals surface area contributed by atoms with Crippen LogP contribution >= 0.6 is 0 Å². The lowest BCUT2D eigenvalue weighted by atomic mass is 10.5. The highest BCUT2D eigenvalue weighted by atomic mass is 32.2. The molecule has 0 bridgehead atoms. The molecule has 3 nitrogen and oxygen atoms in total. The zero-order valence-corrected chi connectivity index (χ0v) is 6.53. The van der Waals surface area contributed by atoms with Crippen LogP contribution in [0.3, 0.4) is 0 Å². The second-order valence-electron chi connectivity index (χ2n) is 1.66. The Morgan fingerprint density at radius 1 is 1.67 bits per heavy atom. The summed E-state index contributed by atoms with van der Waals surface area (Å²) in [6, 6.07) is 0. The molecule has 0 amide bonds. The van der Waals surface area contributed by atoms with E-state index in [9.17, 15) is 9.00 Å². The van der Waals surface area contributed by atoms with Gasteiger partial charge in [-0.15, -0.1) is 0 Å². The normalized spacial score (nSPS) is 16.3. The van der Waals surface area contributed by atoms with Crippen molar-refractivity contribution < 1.29 is 13.7 Å². The van der Waals surface area contributed by atoms with Crippen LogP contribution in [0.2, 0.25) is 0 Å². The Kier molecular flexibility index (Phi) is 3.46. The molecule has 0 rings (SSSR count). The molecule has 54 valence electrons. The Bertz CT molecular complexity index is 132. The molecule has 9 heavy (non-hydrogen) atoms. The number of hydrogen-bond donors (Lipinski definition) is 0. The van der Waals surface area contributed by atoms with Crippen LogP contribution in [0.5, 0.6) is 0 Å². The molecule has 0 N–H and O–H groups in total. The molecule has 4 heteroatoms. The van der Waals surface area contributed by atoms with E-state index in [1.165, 1.54) is 13.4 Å². The number of esters is 1. The lowest BCUT2D eigenvalue weighted by Crippen LogP contribution is -2.22. The third-order valence-corrected chi connectivity index (χ3v) is 2.22. The molecule has 2 unspecified atom stereocenters. The smallest absolute Gasteiger partial charge is 0.321 e. The summed E-state index contributed by atoms with van der Waals surface area (Å²) < 4.78 is 14.9. The lowest BCUT2D eigenvalue weighted by Gasteiger charge is -2.03. The standard InChI is InChI=1S/C5H10O3S/c1-4(9(3)7)5(6)8-2/h4H,1-3H3. The van der Waals surface area contributed by atoms with Crippen molar-refractivity contribution in [3.63, 3.8) is 0 Å². The first kappa shape index (κ1) is 8.62. The molecular formula is C5H10O3S. The monoisotopic (exact) mass is 150 g/mol. The van der Waals surface area contributed by atoms with Crippen molar-refractivity contribution in [3.8, 4) is 0 Å². The van der Waals surface area contributed by atoms with Gasteiger partial charge in [-0.05, 0) is 6.92 Å². The number of methoxy groups -OCH3 is 1. The fourth-order valence-corrected chi connectivity index (χ4v) is 0.669. The zero-order chi connectivity index (χ0) is 7.44. The Balaban J connectivity index is 3.88. The van der Waals surface area contributed by atoms with E-state index >= 15 is 0 Å². The molecule has 0 aliphatic carbocycles. The third-order valence-electron chi connectivity index (χ3n) is 1.03.